The van der Waals surface area contributed by atoms with Crippen molar-refractivity contribution in [3.63, 3.8) is 0 Å². The Morgan fingerprint density at radius 3 is 2.12 bits per heavy atom. The first-order chi connectivity index (χ1) is 10.8. The maximum atomic E-state index is 13.5. The molecule has 144 valence electrons. The maximum absolute atomic E-state index is 13.5. The lowest BCUT2D eigenvalue weighted by Gasteiger charge is -2.31. The summed E-state index contributed by atoms with van der Waals surface area (Å²) >= 11 is 0. The standard InChI is InChI=1S/C16H30F3NO3S/c1-7-9-10-12(14(21)23-11(3)8-2)13(16(17,18)19)20-24(22)15(4,5)6/h11-13,20H,7-10H2,1-6H3/t11?,12-,13-,24-/m0/s1. The SMILES string of the molecule is CCCC[C@H](C(=O)OC(C)CC)[C@H](N[S@@](=O)C(C)(C)C)C(F)(F)F. The van der Waals surface area contributed by atoms with Gasteiger partial charge in [-0.1, -0.05) is 26.7 Å². The number of alkyl halides is 3. The molecule has 0 amide bonds. The molecule has 0 fully saturated rings. The van der Waals surface area contributed by atoms with Crippen LogP contribution in [0.25, 0.3) is 0 Å². The highest BCUT2D eigenvalue weighted by atomic mass is 32.2. The van der Waals surface area contributed by atoms with Crippen LogP contribution in [0, 0.1) is 5.92 Å². The molecule has 0 radical (unpaired) electrons. The predicted molar refractivity (Wildman–Crippen MR) is 89.7 cm³/mol. The Kier molecular flexibility index (Phi) is 9.49. The van der Waals surface area contributed by atoms with E-state index in [1.165, 1.54) is 0 Å². The van der Waals surface area contributed by atoms with Gasteiger partial charge in [-0.25, -0.2) is 8.93 Å². The van der Waals surface area contributed by atoms with E-state index >= 15 is 0 Å². The van der Waals surface area contributed by atoms with E-state index in [-0.39, 0.29) is 6.42 Å². The van der Waals surface area contributed by atoms with E-state index in [0.29, 0.717) is 19.3 Å². The Bertz CT molecular complexity index is 422. The van der Waals surface area contributed by atoms with Gasteiger partial charge in [-0.3, -0.25) is 4.79 Å². The number of nitrogens with one attached hydrogen (secondary N) is 1. The average Bonchev–Trinajstić information content (AvgIpc) is 2.43. The third kappa shape index (κ3) is 7.96. The van der Waals surface area contributed by atoms with Crippen molar-refractivity contribution in [2.24, 2.45) is 5.92 Å². The lowest BCUT2D eigenvalue weighted by Crippen LogP contribution is -2.54. The quantitative estimate of drug-likeness (QED) is 0.619. The van der Waals surface area contributed by atoms with Crippen molar-refractivity contribution in [2.45, 2.75) is 90.3 Å². The molecular weight excluding hydrogens is 343 g/mol. The van der Waals surface area contributed by atoms with E-state index in [1.807, 2.05) is 6.92 Å². The zero-order chi connectivity index (χ0) is 19.1. The summed E-state index contributed by atoms with van der Waals surface area (Å²) < 4.78 is 59.1. The zero-order valence-corrected chi connectivity index (χ0v) is 16.1. The number of unbranched alkanes of at least 4 members (excludes halogenated alkanes) is 1. The molecule has 1 N–H and O–H groups in total. The molecule has 0 aromatic rings. The van der Waals surface area contributed by atoms with Crippen molar-refractivity contribution in [2.75, 3.05) is 0 Å². The molecule has 8 heteroatoms. The van der Waals surface area contributed by atoms with Crippen LogP contribution < -0.4 is 4.72 Å². The van der Waals surface area contributed by atoms with Gasteiger partial charge in [0, 0.05) is 0 Å². The lowest BCUT2D eigenvalue weighted by atomic mass is 9.94. The number of halogens is 3. The topological polar surface area (TPSA) is 55.4 Å². The van der Waals surface area contributed by atoms with Gasteiger partial charge in [0.2, 0.25) is 0 Å². The minimum atomic E-state index is -4.70. The molecule has 4 atom stereocenters. The van der Waals surface area contributed by atoms with Crippen LogP contribution in [-0.4, -0.2) is 33.2 Å². The molecule has 0 bridgehead atoms. The molecule has 0 aliphatic heterocycles. The molecule has 0 saturated carbocycles. The number of carbonyl (C=O) groups is 1. The van der Waals surface area contributed by atoms with Crippen LogP contribution in [0.3, 0.4) is 0 Å². The Balaban J connectivity index is 5.49. The molecule has 0 heterocycles. The Morgan fingerprint density at radius 2 is 1.75 bits per heavy atom. The van der Waals surface area contributed by atoms with Crippen molar-refractivity contribution < 1.29 is 26.9 Å². The molecule has 1 unspecified atom stereocenters. The molecule has 0 rings (SSSR count). The van der Waals surface area contributed by atoms with Crippen LogP contribution in [0.2, 0.25) is 0 Å². The van der Waals surface area contributed by atoms with E-state index in [1.54, 1.807) is 34.6 Å². The minimum absolute atomic E-state index is 0.0320. The first-order valence-electron chi connectivity index (χ1n) is 8.29. The Hall–Kier alpha value is -0.630. The predicted octanol–water partition coefficient (Wildman–Crippen LogP) is 4.12. The molecule has 4 nitrogen and oxygen atoms in total. The van der Waals surface area contributed by atoms with Crippen molar-refractivity contribution in [3.8, 4) is 0 Å². The van der Waals surface area contributed by atoms with E-state index in [0.717, 1.165) is 0 Å². The third-order valence-corrected chi connectivity index (χ3v) is 5.19. The monoisotopic (exact) mass is 373 g/mol. The van der Waals surface area contributed by atoms with Gasteiger partial charge in [-0.15, -0.1) is 0 Å². The summed E-state index contributed by atoms with van der Waals surface area (Å²) in [7, 11) is -1.95. The fourth-order valence-electron chi connectivity index (χ4n) is 1.88. The normalized spacial score (nSPS) is 17.9. The summed E-state index contributed by atoms with van der Waals surface area (Å²) in [4.78, 5) is 12.3. The zero-order valence-electron chi connectivity index (χ0n) is 15.3. The molecule has 0 aromatic heterocycles. The van der Waals surface area contributed by atoms with E-state index in [4.69, 9.17) is 4.74 Å². The van der Waals surface area contributed by atoms with Crippen LogP contribution in [0.4, 0.5) is 13.2 Å². The van der Waals surface area contributed by atoms with Crippen molar-refractivity contribution in [3.05, 3.63) is 0 Å². The highest BCUT2D eigenvalue weighted by Gasteiger charge is 2.49. The van der Waals surface area contributed by atoms with Gasteiger partial charge >= 0.3 is 12.1 Å². The molecule has 0 aromatic carbocycles. The number of carbonyl (C=O) groups excluding carboxylic acids is 1. The van der Waals surface area contributed by atoms with Gasteiger partial charge in [0.1, 0.15) is 6.04 Å². The van der Waals surface area contributed by atoms with Gasteiger partial charge in [0.05, 0.1) is 27.8 Å². The molecule has 0 aliphatic rings. The number of rotatable bonds is 9. The first kappa shape index (κ1) is 23.4. The second-order valence-corrected chi connectivity index (χ2v) is 8.92. The number of esters is 1. The largest absolute Gasteiger partial charge is 0.462 e. The summed E-state index contributed by atoms with van der Waals surface area (Å²) in [6.45, 7) is 9.97. The van der Waals surface area contributed by atoms with Crippen LogP contribution in [-0.2, 0) is 20.5 Å². The van der Waals surface area contributed by atoms with Crippen LogP contribution in [0.1, 0.15) is 67.2 Å². The maximum Gasteiger partial charge on any atom is 0.405 e. The minimum Gasteiger partial charge on any atom is -0.462 e. The fraction of sp³-hybridized carbons (Fsp3) is 0.938. The Labute approximate surface area is 145 Å². The van der Waals surface area contributed by atoms with E-state index in [2.05, 4.69) is 4.72 Å². The van der Waals surface area contributed by atoms with E-state index < -0.39 is 45.9 Å². The molecular formula is C16H30F3NO3S. The first-order valence-corrected chi connectivity index (χ1v) is 9.44. The van der Waals surface area contributed by atoms with Crippen LogP contribution in [0.5, 0.6) is 0 Å². The van der Waals surface area contributed by atoms with Crippen LogP contribution >= 0.6 is 0 Å². The molecule has 0 aliphatic carbocycles. The summed E-state index contributed by atoms with van der Waals surface area (Å²) in [5, 5.41) is 0. The number of ether oxygens (including phenoxy) is 1. The highest BCUT2D eigenvalue weighted by Crippen LogP contribution is 2.31. The second-order valence-electron chi connectivity index (χ2n) is 6.92. The fourth-order valence-corrected chi connectivity index (χ4v) is 2.76. The molecule has 0 saturated heterocycles. The average molecular weight is 373 g/mol. The number of hydrogen-bond acceptors (Lipinski definition) is 3. The van der Waals surface area contributed by atoms with Crippen molar-refractivity contribution in [1.82, 2.24) is 4.72 Å². The lowest BCUT2D eigenvalue weighted by molar-refractivity contribution is -0.182. The van der Waals surface area contributed by atoms with Gasteiger partial charge in [-0.2, -0.15) is 13.2 Å². The van der Waals surface area contributed by atoms with Gasteiger partial charge < -0.3 is 4.74 Å². The van der Waals surface area contributed by atoms with Gasteiger partial charge in [-0.05, 0) is 40.5 Å². The van der Waals surface area contributed by atoms with Gasteiger partial charge in [0.25, 0.3) is 0 Å². The molecule has 24 heavy (non-hydrogen) atoms. The van der Waals surface area contributed by atoms with E-state index in [9.17, 15) is 22.2 Å². The van der Waals surface area contributed by atoms with Gasteiger partial charge in [0.15, 0.2) is 0 Å². The summed E-state index contributed by atoms with van der Waals surface area (Å²) in [5.74, 6) is -2.30. The van der Waals surface area contributed by atoms with Crippen molar-refractivity contribution >= 4 is 17.0 Å². The van der Waals surface area contributed by atoms with Crippen molar-refractivity contribution in [1.29, 1.82) is 0 Å². The summed E-state index contributed by atoms with van der Waals surface area (Å²) in [6, 6.07) is -2.19. The Morgan fingerprint density at radius 1 is 1.21 bits per heavy atom. The third-order valence-electron chi connectivity index (χ3n) is 3.61. The highest BCUT2D eigenvalue weighted by molar-refractivity contribution is 7.84. The summed E-state index contributed by atoms with van der Waals surface area (Å²) in [6.07, 6.45) is -3.50. The molecule has 0 spiro atoms. The second kappa shape index (κ2) is 9.75. The smallest absolute Gasteiger partial charge is 0.405 e. The number of hydrogen-bond donors (Lipinski definition) is 1. The van der Waals surface area contributed by atoms with Crippen LogP contribution in [0.15, 0.2) is 0 Å². The summed E-state index contributed by atoms with van der Waals surface area (Å²) in [5.41, 5.74) is 0.